The van der Waals surface area contributed by atoms with Gasteiger partial charge >= 0.3 is 0 Å². The molecule has 0 amide bonds. The van der Waals surface area contributed by atoms with E-state index in [1.165, 1.54) is 22.3 Å². The van der Waals surface area contributed by atoms with Crippen LogP contribution in [0.4, 0.5) is 0 Å². The zero-order valence-electron chi connectivity index (χ0n) is 14.4. The van der Waals surface area contributed by atoms with Gasteiger partial charge in [-0.2, -0.15) is 0 Å². The second-order valence-corrected chi connectivity index (χ2v) is 7.02. The number of thioether (sulfide) groups is 1. The fourth-order valence-corrected chi connectivity index (χ4v) is 3.45. The Morgan fingerprint density at radius 3 is 2.27 bits per heavy atom. The van der Waals surface area contributed by atoms with Crippen LogP contribution in [0.5, 0.6) is 0 Å². The molecular weight excluding hydrogens is 340 g/mol. The molecule has 4 heteroatoms. The van der Waals surface area contributed by atoms with Crippen LogP contribution in [-0.2, 0) is 5.75 Å². The van der Waals surface area contributed by atoms with Crippen molar-refractivity contribution in [2.24, 2.45) is 0 Å². The van der Waals surface area contributed by atoms with E-state index in [1.807, 2.05) is 24.3 Å². The molecule has 3 nitrogen and oxygen atoms in total. The Bertz CT molecular complexity index is 994. The van der Waals surface area contributed by atoms with E-state index in [4.69, 9.17) is 4.42 Å². The zero-order valence-corrected chi connectivity index (χ0v) is 15.2. The van der Waals surface area contributed by atoms with Crippen LogP contribution >= 0.6 is 11.8 Å². The highest BCUT2D eigenvalue weighted by atomic mass is 32.2. The van der Waals surface area contributed by atoms with Crippen molar-refractivity contribution < 1.29 is 4.42 Å². The molecule has 0 atom stereocenters. The Hall–Kier alpha value is -2.85. The number of aromatic nitrogens is 2. The first kappa shape index (κ1) is 16.6. The van der Waals surface area contributed by atoms with Crippen molar-refractivity contribution in [3.05, 3.63) is 90.0 Å². The molecule has 26 heavy (non-hydrogen) atoms. The molecule has 0 unspecified atom stereocenters. The van der Waals surface area contributed by atoms with Gasteiger partial charge in [-0.15, -0.1) is 10.2 Å². The Morgan fingerprint density at radius 1 is 0.769 bits per heavy atom. The van der Waals surface area contributed by atoms with Gasteiger partial charge in [0, 0.05) is 11.3 Å². The summed E-state index contributed by atoms with van der Waals surface area (Å²) < 4.78 is 5.78. The van der Waals surface area contributed by atoms with Crippen molar-refractivity contribution in [3.63, 3.8) is 0 Å². The maximum atomic E-state index is 5.78. The van der Waals surface area contributed by atoms with Gasteiger partial charge in [0.05, 0.1) is 0 Å². The van der Waals surface area contributed by atoms with E-state index in [-0.39, 0.29) is 0 Å². The Morgan fingerprint density at radius 2 is 1.50 bits per heavy atom. The second-order valence-electron chi connectivity index (χ2n) is 6.09. The van der Waals surface area contributed by atoms with Crippen molar-refractivity contribution in [1.29, 1.82) is 0 Å². The summed E-state index contributed by atoms with van der Waals surface area (Å²) in [4.78, 5) is 0. The lowest BCUT2D eigenvalue weighted by molar-refractivity contribution is 0.466. The minimum atomic E-state index is 0.565. The SMILES string of the molecule is Cc1cccc(-c2nnc(SCc3ccc(-c4ccccc4)cc3)o2)c1. The monoisotopic (exact) mass is 358 g/mol. The van der Waals surface area contributed by atoms with E-state index in [2.05, 4.69) is 71.7 Å². The van der Waals surface area contributed by atoms with Gasteiger partial charge in [-0.3, -0.25) is 0 Å². The van der Waals surface area contributed by atoms with Gasteiger partial charge in [-0.05, 0) is 35.7 Å². The molecule has 0 N–H and O–H groups in total. The number of aryl methyl sites for hydroxylation is 1. The van der Waals surface area contributed by atoms with Crippen molar-refractivity contribution in [3.8, 4) is 22.6 Å². The van der Waals surface area contributed by atoms with Gasteiger partial charge in [0.15, 0.2) is 0 Å². The molecule has 0 aliphatic heterocycles. The molecule has 0 bridgehead atoms. The maximum Gasteiger partial charge on any atom is 0.277 e. The first-order chi connectivity index (χ1) is 12.8. The van der Waals surface area contributed by atoms with E-state index in [1.54, 1.807) is 11.8 Å². The summed E-state index contributed by atoms with van der Waals surface area (Å²) >= 11 is 1.55. The molecule has 1 heterocycles. The first-order valence-electron chi connectivity index (χ1n) is 8.46. The topological polar surface area (TPSA) is 38.9 Å². The number of nitrogens with zero attached hydrogens (tertiary/aromatic N) is 2. The number of hydrogen-bond donors (Lipinski definition) is 0. The normalized spacial score (nSPS) is 10.8. The van der Waals surface area contributed by atoms with Crippen LogP contribution in [0.2, 0.25) is 0 Å². The highest BCUT2D eigenvalue weighted by Gasteiger charge is 2.09. The molecule has 0 saturated carbocycles. The highest BCUT2D eigenvalue weighted by molar-refractivity contribution is 7.98. The van der Waals surface area contributed by atoms with Crippen LogP contribution in [0.15, 0.2) is 88.5 Å². The molecule has 0 aliphatic carbocycles. The van der Waals surface area contributed by atoms with Crippen LogP contribution in [-0.4, -0.2) is 10.2 Å². The molecule has 1 aromatic heterocycles. The predicted octanol–water partition coefficient (Wildman–Crippen LogP) is 6.00. The smallest absolute Gasteiger partial charge is 0.277 e. The van der Waals surface area contributed by atoms with Crippen LogP contribution in [0.25, 0.3) is 22.6 Å². The van der Waals surface area contributed by atoms with Crippen molar-refractivity contribution in [2.45, 2.75) is 17.9 Å². The third-order valence-electron chi connectivity index (χ3n) is 4.09. The van der Waals surface area contributed by atoms with E-state index in [0.29, 0.717) is 11.1 Å². The van der Waals surface area contributed by atoms with E-state index >= 15 is 0 Å². The summed E-state index contributed by atoms with van der Waals surface area (Å²) in [6.07, 6.45) is 0. The predicted molar refractivity (Wildman–Crippen MR) is 106 cm³/mol. The van der Waals surface area contributed by atoms with Gasteiger partial charge in [0.2, 0.25) is 5.89 Å². The molecule has 0 radical (unpaired) electrons. The largest absolute Gasteiger partial charge is 0.411 e. The quantitative estimate of drug-likeness (QED) is 0.410. The summed E-state index contributed by atoms with van der Waals surface area (Å²) in [7, 11) is 0. The minimum absolute atomic E-state index is 0.565. The highest BCUT2D eigenvalue weighted by Crippen LogP contribution is 2.27. The Balaban J connectivity index is 1.42. The molecular formula is C22H18N2OS. The number of rotatable bonds is 5. The molecule has 0 fully saturated rings. The van der Waals surface area contributed by atoms with Crippen LogP contribution in [0, 0.1) is 6.92 Å². The summed E-state index contributed by atoms with van der Waals surface area (Å²) in [5.74, 6) is 1.36. The average Bonchev–Trinajstić information content (AvgIpc) is 3.17. The maximum absolute atomic E-state index is 5.78. The summed E-state index contributed by atoms with van der Waals surface area (Å²) in [5, 5.41) is 8.90. The van der Waals surface area contributed by atoms with Gasteiger partial charge in [-0.25, -0.2) is 0 Å². The molecule has 4 rings (SSSR count). The molecule has 4 aromatic rings. The van der Waals surface area contributed by atoms with Crippen LogP contribution in [0.3, 0.4) is 0 Å². The standard InChI is InChI=1S/C22H18N2OS/c1-16-6-5-9-20(14-16)21-23-24-22(25-21)26-15-17-10-12-19(13-11-17)18-7-3-2-4-8-18/h2-14H,15H2,1H3. The first-order valence-corrected chi connectivity index (χ1v) is 9.44. The molecule has 3 aromatic carbocycles. The lowest BCUT2D eigenvalue weighted by Crippen LogP contribution is -1.82. The lowest BCUT2D eigenvalue weighted by Gasteiger charge is -2.03. The van der Waals surface area contributed by atoms with E-state index < -0.39 is 0 Å². The molecule has 0 saturated heterocycles. The second kappa shape index (κ2) is 7.58. The van der Waals surface area contributed by atoms with Gasteiger partial charge in [0.25, 0.3) is 5.22 Å². The van der Waals surface area contributed by atoms with Crippen LogP contribution in [0.1, 0.15) is 11.1 Å². The average molecular weight is 358 g/mol. The van der Waals surface area contributed by atoms with Gasteiger partial charge in [0.1, 0.15) is 0 Å². The summed E-state index contributed by atoms with van der Waals surface area (Å²) in [6, 6.07) is 27.1. The van der Waals surface area contributed by atoms with Gasteiger partial charge in [-0.1, -0.05) is 84.1 Å². The fourth-order valence-electron chi connectivity index (χ4n) is 2.73. The third kappa shape index (κ3) is 3.86. The number of benzene rings is 3. The number of hydrogen-bond acceptors (Lipinski definition) is 4. The van der Waals surface area contributed by atoms with E-state index in [0.717, 1.165) is 11.3 Å². The molecule has 128 valence electrons. The van der Waals surface area contributed by atoms with Crippen molar-refractivity contribution in [1.82, 2.24) is 10.2 Å². The van der Waals surface area contributed by atoms with E-state index in [9.17, 15) is 0 Å². The van der Waals surface area contributed by atoms with Crippen molar-refractivity contribution in [2.75, 3.05) is 0 Å². The van der Waals surface area contributed by atoms with Crippen molar-refractivity contribution >= 4 is 11.8 Å². The summed E-state index contributed by atoms with van der Waals surface area (Å²) in [6.45, 7) is 2.05. The molecule has 0 spiro atoms. The zero-order chi connectivity index (χ0) is 17.8. The van der Waals surface area contributed by atoms with Crippen LogP contribution < -0.4 is 0 Å². The Labute approximate surface area is 157 Å². The fraction of sp³-hybridized carbons (Fsp3) is 0.0909. The lowest BCUT2D eigenvalue weighted by atomic mass is 10.0. The molecule has 0 aliphatic rings. The Kier molecular flexibility index (Phi) is 4.84. The summed E-state index contributed by atoms with van der Waals surface area (Å²) in [5.41, 5.74) is 5.81. The van der Waals surface area contributed by atoms with Gasteiger partial charge < -0.3 is 4.42 Å². The third-order valence-corrected chi connectivity index (χ3v) is 4.98. The minimum Gasteiger partial charge on any atom is -0.411 e.